The SMILES string of the molecule is CC1CCCC(N(C)c2ccc(Br)cc2CNC(C)C)C1. The van der Waals surface area contributed by atoms with Crippen molar-refractivity contribution in [2.24, 2.45) is 5.92 Å². The average Bonchev–Trinajstić information content (AvgIpc) is 2.44. The summed E-state index contributed by atoms with van der Waals surface area (Å²) in [7, 11) is 2.27. The molecule has 1 fully saturated rings. The van der Waals surface area contributed by atoms with E-state index in [4.69, 9.17) is 0 Å². The number of hydrogen-bond donors (Lipinski definition) is 1. The Morgan fingerprint density at radius 3 is 2.76 bits per heavy atom. The molecule has 2 rings (SSSR count). The summed E-state index contributed by atoms with van der Waals surface area (Å²) in [5.74, 6) is 0.860. The zero-order valence-electron chi connectivity index (χ0n) is 13.8. The van der Waals surface area contributed by atoms with Crippen LogP contribution in [0.5, 0.6) is 0 Å². The molecule has 1 aliphatic rings. The molecule has 1 saturated carbocycles. The molecule has 3 heteroatoms. The molecule has 0 amide bonds. The summed E-state index contributed by atoms with van der Waals surface area (Å²) in [5, 5.41) is 3.55. The molecule has 0 heterocycles. The fraction of sp³-hybridized carbons (Fsp3) is 0.667. The van der Waals surface area contributed by atoms with Crippen LogP contribution in [0.2, 0.25) is 0 Å². The minimum absolute atomic E-state index is 0.511. The largest absolute Gasteiger partial charge is 0.371 e. The second-order valence-corrected chi connectivity index (χ2v) is 7.76. The minimum atomic E-state index is 0.511. The van der Waals surface area contributed by atoms with E-state index in [0.717, 1.165) is 16.9 Å². The zero-order valence-corrected chi connectivity index (χ0v) is 15.4. The first-order chi connectivity index (χ1) is 9.97. The molecule has 2 unspecified atom stereocenters. The van der Waals surface area contributed by atoms with Gasteiger partial charge in [-0.2, -0.15) is 0 Å². The van der Waals surface area contributed by atoms with Crippen molar-refractivity contribution in [3.63, 3.8) is 0 Å². The highest BCUT2D eigenvalue weighted by Crippen LogP contribution is 2.32. The number of rotatable bonds is 5. The average molecular weight is 353 g/mol. The van der Waals surface area contributed by atoms with Crippen LogP contribution in [0.25, 0.3) is 0 Å². The summed E-state index contributed by atoms with van der Waals surface area (Å²) >= 11 is 3.61. The van der Waals surface area contributed by atoms with Gasteiger partial charge >= 0.3 is 0 Å². The highest BCUT2D eigenvalue weighted by molar-refractivity contribution is 9.10. The van der Waals surface area contributed by atoms with E-state index in [1.54, 1.807) is 0 Å². The van der Waals surface area contributed by atoms with Crippen LogP contribution >= 0.6 is 15.9 Å². The lowest BCUT2D eigenvalue weighted by Crippen LogP contribution is -2.36. The first kappa shape index (κ1) is 16.8. The maximum atomic E-state index is 3.61. The first-order valence-electron chi connectivity index (χ1n) is 8.22. The van der Waals surface area contributed by atoms with Crippen LogP contribution in [0.1, 0.15) is 52.0 Å². The molecule has 1 aromatic rings. The molecular formula is C18H29BrN2. The van der Waals surface area contributed by atoms with E-state index in [-0.39, 0.29) is 0 Å². The molecule has 0 aromatic heterocycles. The van der Waals surface area contributed by atoms with E-state index in [0.29, 0.717) is 12.1 Å². The zero-order chi connectivity index (χ0) is 15.4. The van der Waals surface area contributed by atoms with Gasteiger partial charge in [0.25, 0.3) is 0 Å². The Morgan fingerprint density at radius 2 is 2.10 bits per heavy atom. The second-order valence-electron chi connectivity index (χ2n) is 6.85. The van der Waals surface area contributed by atoms with E-state index >= 15 is 0 Å². The molecule has 0 bridgehead atoms. The predicted molar refractivity (Wildman–Crippen MR) is 95.9 cm³/mol. The molecule has 1 N–H and O–H groups in total. The summed E-state index contributed by atoms with van der Waals surface area (Å²) in [6.07, 6.45) is 5.41. The quantitative estimate of drug-likeness (QED) is 0.805. The van der Waals surface area contributed by atoms with Gasteiger partial charge < -0.3 is 10.2 Å². The van der Waals surface area contributed by atoms with E-state index in [2.05, 4.69) is 72.2 Å². The van der Waals surface area contributed by atoms with Crippen molar-refractivity contribution in [3.05, 3.63) is 28.2 Å². The molecule has 2 nitrogen and oxygen atoms in total. The molecule has 0 saturated heterocycles. The lowest BCUT2D eigenvalue weighted by Gasteiger charge is -2.36. The van der Waals surface area contributed by atoms with Crippen LogP contribution in [0, 0.1) is 5.92 Å². The maximum absolute atomic E-state index is 3.61. The number of benzene rings is 1. The lowest BCUT2D eigenvalue weighted by molar-refractivity contribution is 0.336. The third-order valence-electron chi connectivity index (χ3n) is 4.58. The summed E-state index contributed by atoms with van der Waals surface area (Å²) in [4.78, 5) is 2.51. The topological polar surface area (TPSA) is 15.3 Å². The van der Waals surface area contributed by atoms with E-state index in [1.807, 2.05) is 0 Å². The van der Waals surface area contributed by atoms with Crippen LogP contribution in [0.15, 0.2) is 22.7 Å². The normalized spacial score (nSPS) is 22.6. The van der Waals surface area contributed by atoms with Crippen LogP contribution in [-0.2, 0) is 6.54 Å². The lowest BCUT2D eigenvalue weighted by atomic mass is 9.86. The van der Waals surface area contributed by atoms with Gasteiger partial charge in [-0.3, -0.25) is 0 Å². The number of nitrogens with zero attached hydrogens (tertiary/aromatic N) is 1. The van der Waals surface area contributed by atoms with Crippen LogP contribution in [0.4, 0.5) is 5.69 Å². The molecule has 2 atom stereocenters. The van der Waals surface area contributed by atoms with Crippen LogP contribution in [0.3, 0.4) is 0 Å². The van der Waals surface area contributed by atoms with Gasteiger partial charge in [0.05, 0.1) is 0 Å². The van der Waals surface area contributed by atoms with Gasteiger partial charge in [-0.15, -0.1) is 0 Å². The fourth-order valence-corrected chi connectivity index (χ4v) is 3.71. The highest BCUT2D eigenvalue weighted by Gasteiger charge is 2.23. The van der Waals surface area contributed by atoms with Crippen molar-refractivity contribution >= 4 is 21.6 Å². The maximum Gasteiger partial charge on any atom is 0.0412 e. The molecule has 0 radical (unpaired) electrons. The Kier molecular flexibility index (Phi) is 6.12. The number of halogens is 1. The van der Waals surface area contributed by atoms with Crippen LogP contribution < -0.4 is 10.2 Å². The molecule has 118 valence electrons. The van der Waals surface area contributed by atoms with Gasteiger partial charge in [0.2, 0.25) is 0 Å². The summed E-state index contributed by atoms with van der Waals surface area (Å²) in [6.45, 7) is 7.72. The van der Waals surface area contributed by atoms with Gasteiger partial charge in [-0.05, 0) is 42.5 Å². The Morgan fingerprint density at radius 1 is 1.33 bits per heavy atom. The smallest absolute Gasteiger partial charge is 0.0412 e. The Labute approximate surface area is 138 Å². The van der Waals surface area contributed by atoms with Crippen molar-refractivity contribution in [1.29, 1.82) is 0 Å². The summed E-state index contributed by atoms with van der Waals surface area (Å²) in [5.41, 5.74) is 2.77. The van der Waals surface area contributed by atoms with Crippen LogP contribution in [-0.4, -0.2) is 19.1 Å². The third-order valence-corrected chi connectivity index (χ3v) is 5.07. The predicted octanol–water partition coefficient (Wildman–Crippen LogP) is 4.96. The summed E-state index contributed by atoms with van der Waals surface area (Å²) in [6, 6.07) is 7.88. The molecular weight excluding hydrogens is 324 g/mol. The second kappa shape index (κ2) is 7.64. The van der Waals surface area contributed by atoms with Gasteiger partial charge in [0.1, 0.15) is 0 Å². The molecule has 0 aliphatic heterocycles. The van der Waals surface area contributed by atoms with Crippen molar-refractivity contribution in [2.45, 2.75) is 65.1 Å². The van der Waals surface area contributed by atoms with E-state index in [9.17, 15) is 0 Å². The number of anilines is 1. The van der Waals surface area contributed by atoms with Gasteiger partial charge in [-0.1, -0.05) is 49.5 Å². The Hall–Kier alpha value is -0.540. The van der Waals surface area contributed by atoms with Crippen molar-refractivity contribution < 1.29 is 0 Å². The highest BCUT2D eigenvalue weighted by atomic mass is 79.9. The third kappa shape index (κ3) is 4.72. The molecule has 1 aliphatic carbocycles. The standard InChI is InChI=1S/C18H29BrN2/c1-13(2)20-12-15-11-16(19)8-9-18(15)21(4)17-7-5-6-14(3)10-17/h8-9,11,13-14,17,20H,5-7,10,12H2,1-4H3. The molecule has 0 spiro atoms. The van der Waals surface area contributed by atoms with Crippen molar-refractivity contribution in [3.8, 4) is 0 Å². The van der Waals surface area contributed by atoms with E-state index in [1.165, 1.54) is 36.9 Å². The van der Waals surface area contributed by atoms with Gasteiger partial charge in [0, 0.05) is 35.8 Å². The Balaban J connectivity index is 2.16. The fourth-order valence-electron chi connectivity index (χ4n) is 3.30. The first-order valence-corrected chi connectivity index (χ1v) is 9.01. The number of hydrogen-bond acceptors (Lipinski definition) is 2. The van der Waals surface area contributed by atoms with Crippen molar-refractivity contribution in [2.75, 3.05) is 11.9 Å². The molecule has 1 aromatic carbocycles. The van der Waals surface area contributed by atoms with E-state index < -0.39 is 0 Å². The summed E-state index contributed by atoms with van der Waals surface area (Å²) < 4.78 is 1.16. The molecule has 21 heavy (non-hydrogen) atoms. The minimum Gasteiger partial charge on any atom is -0.371 e. The monoisotopic (exact) mass is 352 g/mol. The van der Waals surface area contributed by atoms with Gasteiger partial charge in [-0.25, -0.2) is 0 Å². The number of nitrogens with one attached hydrogen (secondary N) is 1. The van der Waals surface area contributed by atoms with Gasteiger partial charge in [0.15, 0.2) is 0 Å². The van der Waals surface area contributed by atoms with Crippen molar-refractivity contribution in [1.82, 2.24) is 5.32 Å². The Bertz CT molecular complexity index is 459.